The van der Waals surface area contributed by atoms with Crippen LogP contribution in [0.15, 0.2) is 57.7 Å². The van der Waals surface area contributed by atoms with Gasteiger partial charge in [-0.1, -0.05) is 18.2 Å². The number of carbonyl (C=O) groups is 1. The predicted molar refractivity (Wildman–Crippen MR) is 102 cm³/mol. The molecule has 0 unspecified atom stereocenters. The van der Waals surface area contributed by atoms with Crippen LogP contribution in [0.1, 0.15) is 28.1 Å². The van der Waals surface area contributed by atoms with E-state index in [4.69, 9.17) is 19.4 Å². The van der Waals surface area contributed by atoms with Gasteiger partial charge < -0.3 is 19.4 Å². The molecule has 0 saturated carbocycles. The number of aliphatic hydroxyl groups excluding tert-OH is 1. The number of para-hydroxylation sites is 1. The number of carboxylic acid groups (broad SMARTS) is 1. The number of fused-ring (bicyclic) bond motifs is 1. The van der Waals surface area contributed by atoms with Gasteiger partial charge in [0.1, 0.15) is 17.1 Å². The number of aliphatic hydroxyl groups is 1. The Morgan fingerprint density at radius 2 is 1.93 bits per heavy atom. The maximum absolute atomic E-state index is 12.3. The molecule has 27 heavy (non-hydrogen) atoms. The van der Waals surface area contributed by atoms with Crippen molar-refractivity contribution in [3.8, 4) is 5.75 Å². The summed E-state index contributed by atoms with van der Waals surface area (Å²) in [6.07, 6.45) is 3.96. The van der Waals surface area contributed by atoms with Crippen LogP contribution in [-0.2, 0) is 0 Å². The molecule has 3 rings (SSSR count). The van der Waals surface area contributed by atoms with Gasteiger partial charge in [-0.3, -0.25) is 4.79 Å². The second-order valence-electron chi connectivity index (χ2n) is 5.83. The molecule has 1 aromatic heterocycles. The molecule has 0 aliphatic carbocycles. The van der Waals surface area contributed by atoms with Crippen molar-refractivity contribution in [3.63, 3.8) is 0 Å². The van der Waals surface area contributed by atoms with E-state index in [2.05, 4.69) is 0 Å². The molecule has 0 saturated heterocycles. The zero-order valence-corrected chi connectivity index (χ0v) is 14.4. The van der Waals surface area contributed by atoms with E-state index in [1.807, 2.05) is 24.3 Å². The zero-order valence-electron chi connectivity index (χ0n) is 14.4. The maximum atomic E-state index is 12.3. The smallest absolute Gasteiger partial charge is 0.335 e. The Morgan fingerprint density at radius 3 is 2.70 bits per heavy atom. The van der Waals surface area contributed by atoms with Crippen molar-refractivity contribution in [1.29, 1.82) is 0 Å². The van der Waals surface area contributed by atoms with E-state index in [-0.39, 0.29) is 23.0 Å². The molecular weight excluding hydrogens is 348 g/mol. The van der Waals surface area contributed by atoms with Crippen molar-refractivity contribution < 1.29 is 24.2 Å². The van der Waals surface area contributed by atoms with E-state index in [1.54, 1.807) is 12.2 Å². The van der Waals surface area contributed by atoms with Crippen LogP contribution in [0.2, 0.25) is 0 Å². The first-order chi connectivity index (χ1) is 13.1. The Kier molecular flexibility index (Phi) is 5.68. The molecule has 6 heteroatoms. The van der Waals surface area contributed by atoms with Crippen LogP contribution < -0.4 is 10.2 Å². The monoisotopic (exact) mass is 366 g/mol. The van der Waals surface area contributed by atoms with E-state index >= 15 is 0 Å². The molecule has 0 amide bonds. The number of aromatic carboxylic acids is 1. The highest BCUT2D eigenvalue weighted by molar-refractivity contribution is 5.92. The minimum Gasteiger partial charge on any atom is -0.493 e. The van der Waals surface area contributed by atoms with E-state index in [1.165, 1.54) is 24.3 Å². The second-order valence-corrected chi connectivity index (χ2v) is 5.83. The fourth-order valence-electron chi connectivity index (χ4n) is 2.56. The Balaban J connectivity index is 1.90. The number of ether oxygens (including phenoxy) is 1. The lowest BCUT2D eigenvalue weighted by molar-refractivity contribution is 0.0697. The van der Waals surface area contributed by atoms with Gasteiger partial charge in [-0.05, 0) is 36.4 Å². The standard InChI is InChI=1S/C21H18O6/c22-10-3-11-26-19-5-2-1-4-14(19)6-8-16-13-18(23)17-12-15(21(24)25)7-9-20(17)27-16/h1-2,4-9,12-13,22H,3,10-11H2,(H,24,25). The molecule has 0 radical (unpaired) electrons. The molecule has 0 fully saturated rings. The van der Waals surface area contributed by atoms with Crippen molar-refractivity contribution in [3.05, 3.63) is 75.6 Å². The summed E-state index contributed by atoms with van der Waals surface area (Å²) in [4.78, 5) is 23.3. The molecule has 3 aromatic rings. The summed E-state index contributed by atoms with van der Waals surface area (Å²) in [6, 6.07) is 12.9. The average molecular weight is 366 g/mol. The summed E-state index contributed by atoms with van der Waals surface area (Å²) in [7, 11) is 0. The first-order valence-electron chi connectivity index (χ1n) is 8.40. The predicted octanol–water partition coefficient (Wildman–Crippen LogP) is 3.42. The molecule has 138 valence electrons. The van der Waals surface area contributed by atoms with E-state index in [9.17, 15) is 9.59 Å². The van der Waals surface area contributed by atoms with Crippen LogP contribution in [0.4, 0.5) is 0 Å². The van der Waals surface area contributed by atoms with Gasteiger partial charge >= 0.3 is 5.97 Å². The molecule has 1 heterocycles. The van der Waals surface area contributed by atoms with Gasteiger partial charge in [0.05, 0.1) is 17.6 Å². The minimum atomic E-state index is -1.10. The van der Waals surface area contributed by atoms with Crippen molar-refractivity contribution in [2.24, 2.45) is 0 Å². The molecule has 0 atom stereocenters. The van der Waals surface area contributed by atoms with Crippen LogP contribution in [0.25, 0.3) is 23.1 Å². The Bertz CT molecular complexity index is 1050. The second kappa shape index (κ2) is 8.33. The summed E-state index contributed by atoms with van der Waals surface area (Å²) in [6.45, 7) is 0.460. The molecule has 0 aliphatic heterocycles. The van der Waals surface area contributed by atoms with E-state index in [0.717, 1.165) is 5.56 Å². The molecule has 2 aromatic carbocycles. The summed E-state index contributed by atoms with van der Waals surface area (Å²) < 4.78 is 11.3. The molecule has 2 N–H and O–H groups in total. The molecule has 0 bridgehead atoms. The van der Waals surface area contributed by atoms with Crippen LogP contribution in [0.5, 0.6) is 5.75 Å². The summed E-state index contributed by atoms with van der Waals surface area (Å²) in [5.74, 6) is -0.0877. The van der Waals surface area contributed by atoms with Crippen molar-refractivity contribution in [2.45, 2.75) is 6.42 Å². The van der Waals surface area contributed by atoms with Crippen molar-refractivity contribution >= 4 is 29.1 Å². The normalized spacial score (nSPS) is 11.1. The third-order valence-electron chi connectivity index (χ3n) is 3.90. The molecule has 0 spiro atoms. The van der Waals surface area contributed by atoms with Crippen molar-refractivity contribution in [2.75, 3.05) is 13.2 Å². The number of benzene rings is 2. The van der Waals surface area contributed by atoms with Crippen LogP contribution in [0.3, 0.4) is 0 Å². The topological polar surface area (TPSA) is 97.0 Å². The highest BCUT2D eigenvalue weighted by Gasteiger charge is 2.08. The van der Waals surface area contributed by atoms with Gasteiger partial charge in [0.2, 0.25) is 0 Å². The number of rotatable bonds is 7. The fraction of sp³-hybridized carbons (Fsp3) is 0.143. The van der Waals surface area contributed by atoms with Gasteiger partial charge in [0, 0.05) is 24.7 Å². The van der Waals surface area contributed by atoms with Gasteiger partial charge in [-0.2, -0.15) is 0 Å². The fourth-order valence-corrected chi connectivity index (χ4v) is 2.56. The number of hydrogen-bond donors (Lipinski definition) is 2. The average Bonchev–Trinajstić information content (AvgIpc) is 2.67. The first-order valence-corrected chi connectivity index (χ1v) is 8.40. The van der Waals surface area contributed by atoms with Gasteiger partial charge in [0.15, 0.2) is 5.43 Å². The lowest BCUT2D eigenvalue weighted by Crippen LogP contribution is -2.03. The highest BCUT2D eigenvalue weighted by atomic mass is 16.5. The highest BCUT2D eigenvalue weighted by Crippen LogP contribution is 2.22. The Labute approximate surface area is 155 Å². The minimum absolute atomic E-state index is 0.0343. The molecular formula is C21H18O6. The maximum Gasteiger partial charge on any atom is 0.335 e. The molecule has 0 aliphatic rings. The van der Waals surface area contributed by atoms with Gasteiger partial charge in [-0.25, -0.2) is 4.79 Å². The Morgan fingerprint density at radius 1 is 1.11 bits per heavy atom. The van der Waals surface area contributed by atoms with Crippen molar-refractivity contribution in [1.82, 2.24) is 0 Å². The lowest BCUT2D eigenvalue weighted by atomic mass is 10.1. The summed E-state index contributed by atoms with van der Waals surface area (Å²) in [5, 5.41) is 18.1. The third-order valence-corrected chi connectivity index (χ3v) is 3.90. The lowest BCUT2D eigenvalue weighted by Gasteiger charge is -2.08. The van der Waals surface area contributed by atoms with Crippen LogP contribution >= 0.6 is 0 Å². The van der Waals surface area contributed by atoms with Gasteiger partial charge in [-0.15, -0.1) is 0 Å². The quantitative estimate of drug-likeness (QED) is 0.622. The number of hydrogen-bond acceptors (Lipinski definition) is 5. The third kappa shape index (κ3) is 4.43. The zero-order chi connectivity index (χ0) is 19.2. The summed E-state index contributed by atoms with van der Waals surface area (Å²) in [5.41, 5.74) is 0.845. The molecule has 6 nitrogen and oxygen atoms in total. The van der Waals surface area contributed by atoms with E-state index < -0.39 is 5.97 Å². The van der Waals surface area contributed by atoms with Crippen LogP contribution in [-0.4, -0.2) is 29.4 Å². The number of carboxylic acids is 1. The van der Waals surface area contributed by atoms with E-state index in [0.29, 0.717) is 30.1 Å². The summed E-state index contributed by atoms with van der Waals surface area (Å²) >= 11 is 0. The first kappa shape index (κ1) is 18.4. The SMILES string of the molecule is O=C(O)c1ccc2oc(C=Cc3ccccc3OCCCO)cc(=O)c2c1. The Hall–Kier alpha value is -3.38. The van der Waals surface area contributed by atoms with Crippen LogP contribution in [0, 0.1) is 0 Å². The largest absolute Gasteiger partial charge is 0.493 e. The van der Waals surface area contributed by atoms with Gasteiger partial charge in [0.25, 0.3) is 0 Å².